The van der Waals surface area contributed by atoms with Crippen molar-refractivity contribution in [1.29, 1.82) is 0 Å². The first-order valence-corrected chi connectivity index (χ1v) is 2.98. The number of hydrogen-bond donors (Lipinski definition) is 0. The number of rotatable bonds is 3. The Morgan fingerprint density at radius 1 is 1.40 bits per heavy atom. The van der Waals surface area contributed by atoms with Crippen LogP contribution in [0.5, 0.6) is 0 Å². The van der Waals surface area contributed by atoms with Gasteiger partial charge in [-0.15, -0.1) is 0 Å². The highest BCUT2D eigenvalue weighted by molar-refractivity contribution is 7.11. The van der Waals surface area contributed by atoms with Crippen LogP contribution in [0.4, 0.5) is 0 Å². The standard InChI is InChI=1S/C5H7O4P/c1-3(6)2-4(7)5(8)9-10/h2,10H2,1H3. The molecule has 0 saturated heterocycles. The van der Waals surface area contributed by atoms with Gasteiger partial charge in [-0.25, -0.2) is 4.79 Å². The molecule has 0 aliphatic heterocycles. The smallest absolute Gasteiger partial charge is 0.377 e. The van der Waals surface area contributed by atoms with Crippen LogP contribution in [0.1, 0.15) is 13.3 Å². The van der Waals surface area contributed by atoms with E-state index >= 15 is 0 Å². The van der Waals surface area contributed by atoms with Crippen LogP contribution in [-0.4, -0.2) is 17.5 Å². The van der Waals surface area contributed by atoms with E-state index in [-0.39, 0.29) is 12.2 Å². The van der Waals surface area contributed by atoms with Crippen molar-refractivity contribution in [1.82, 2.24) is 0 Å². The molecule has 0 aromatic rings. The molecule has 0 bridgehead atoms. The van der Waals surface area contributed by atoms with Crippen molar-refractivity contribution in [3.05, 3.63) is 0 Å². The van der Waals surface area contributed by atoms with E-state index in [9.17, 15) is 14.4 Å². The maximum absolute atomic E-state index is 10.5. The molecule has 5 heteroatoms. The maximum atomic E-state index is 10.5. The van der Waals surface area contributed by atoms with Crippen molar-refractivity contribution in [2.75, 3.05) is 0 Å². The van der Waals surface area contributed by atoms with Crippen LogP contribution in [0.2, 0.25) is 0 Å². The molecular weight excluding hydrogens is 155 g/mol. The zero-order valence-electron chi connectivity index (χ0n) is 5.42. The number of carbonyl (C=O) groups is 3. The Morgan fingerprint density at radius 3 is 2.20 bits per heavy atom. The third-order valence-corrected chi connectivity index (χ3v) is 0.958. The van der Waals surface area contributed by atoms with Crippen molar-refractivity contribution in [2.24, 2.45) is 0 Å². The van der Waals surface area contributed by atoms with E-state index in [4.69, 9.17) is 0 Å². The van der Waals surface area contributed by atoms with Crippen molar-refractivity contribution in [3.63, 3.8) is 0 Å². The van der Waals surface area contributed by atoms with Gasteiger partial charge in [0.15, 0.2) is 0 Å². The monoisotopic (exact) mass is 162 g/mol. The molecule has 0 aromatic heterocycles. The van der Waals surface area contributed by atoms with E-state index in [0.717, 1.165) is 0 Å². The second-order valence-corrected chi connectivity index (χ2v) is 1.94. The summed E-state index contributed by atoms with van der Waals surface area (Å²) in [6, 6.07) is 0. The fraction of sp³-hybridized carbons (Fsp3) is 0.400. The van der Waals surface area contributed by atoms with Crippen LogP contribution in [0, 0.1) is 0 Å². The van der Waals surface area contributed by atoms with E-state index < -0.39 is 11.8 Å². The lowest BCUT2D eigenvalue weighted by molar-refractivity contribution is -0.147. The van der Waals surface area contributed by atoms with Crippen molar-refractivity contribution in [3.8, 4) is 0 Å². The normalized spacial score (nSPS) is 8.60. The lowest BCUT2D eigenvalue weighted by atomic mass is 10.2. The highest BCUT2D eigenvalue weighted by Gasteiger charge is 2.15. The van der Waals surface area contributed by atoms with E-state index in [2.05, 4.69) is 4.52 Å². The summed E-state index contributed by atoms with van der Waals surface area (Å²) < 4.78 is 3.99. The minimum absolute atomic E-state index is 0.347. The summed E-state index contributed by atoms with van der Waals surface area (Å²) in [5, 5.41) is 0. The average Bonchev–Trinajstić information content (AvgIpc) is 1.85. The molecule has 56 valence electrons. The van der Waals surface area contributed by atoms with Crippen LogP contribution < -0.4 is 0 Å². The van der Waals surface area contributed by atoms with Crippen molar-refractivity contribution < 1.29 is 18.9 Å². The molecule has 0 heterocycles. The minimum Gasteiger partial charge on any atom is -0.446 e. The molecule has 0 rings (SSSR count). The van der Waals surface area contributed by atoms with Crippen LogP contribution >= 0.6 is 9.47 Å². The van der Waals surface area contributed by atoms with Crippen LogP contribution in [0.3, 0.4) is 0 Å². The van der Waals surface area contributed by atoms with Gasteiger partial charge in [-0.2, -0.15) is 0 Å². The first-order valence-electron chi connectivity index (χ1n) is 2.51. The van der Waals surface area contributed by atoms with Gasteiger partial charge in [0.25, 0.3) is 0 Å². The fourth-order valence-corrected chi connectivity index (χ4v) is 0.495. The molecule has 0 amide bonds. The van der Waals surface area contributed by atoms with Gasteiger partial charge < -0.3 is 4.52 Å². The zero-order chi connectivity index (χ0) is 8.15. The molecule has 0 aliphatic carbocycles. The lowest BCUT2D eigenvalue weighted by Gasteiger charge is -1.92. The summed E-state index contributed by atoms with van der Waals surface area (Å²) in [6.07, 6.45) is -0.382. The van der Waals surface area contributed by atoms with Gasteiger partial charge in [0.05, 0.1) is 15.9 Å². The Bertz CT molecular complexity index is 174. The number of carbonyl (C=O) groups excluding carboxylic acids is 3. The predicted octanol–water partition coefficient (Wildman–Crippen LogP) is -0.132. The van der Waals surface area contributed by atoms with Gasteiger partial charge in [0.1, 0.15) is 5.78 Å². The van der Waals surface area contributed by atoms with E-state index in [1.165, 1.54) is 6.92 Å². The topological polar surface area (TPSA) is 60.4 Å². The van der Waals surface area contributed by atoms with Gasteiger partial charge in [-0.05, 0) is 6.92 Å². The molecule has 0 aromatic carbocycles. The summed E-state index contributed by atoms with van der Waals surface area (Å²) in [5.74, 6) is -2.16. The first-order chi connectivity index (χ1) is 4.57. The Kier molecular flexibility index (Phi) is 3.81. The maximum Gasteiger partial charge on any atom is 0.377 e. The second kappa shape index (κ2) is 4.12. The molecule has 10 heavy (non-hydrogen) atoms. The summed E-state index contributed by atoms with van der Waals surface area (Å²) in [6.45, 7) is 1.23. The summed E-state index contributed by atoms with van der Waals surface area (Å²) >= 11 is 0. The molecule has 0 spiro atoms. The molecule has 0 saturated carbocycles. The zero-order valence-corrected chi connectivity index (χ0v) is 6.57. The summed E-state index contributed by atoms with van der Waals surface area (Å²) in [4.78, 5) is 31.0. The predicted molar refractivity (Wildman–Crippen MR) is 36.1 cm³/mol. The minimum atomic E-state index is -1.000. The Morgan fingerprint density at radius 2 is 1.90 bits per heavy atom. The Hall–Kier alpha value is -0.760. The molecule has 0 radical (unpaired) electrons. The van der Waals surface area contributed by atoms with Crippen LogP contribution in [0.25, 0.3) is 0 Å². The van der Waals surface area contributed by atoms with E-state index in [1.54, 1.807) is 9.47 Å². The SMILES string of the molecule is CC(=O)CC(=O)C(=O)OP. The first kappa shape index (κ1) is 9.24. The number of ketones is 2. The second-order valence-electron chi connectivity index (χ2n) is 1.71. The molecule has 0 aliphatic rings. The highest BCUT2D eigenvalue weighted by Crippen LogP contribution is 1.92. The van der Waals surface area contributed by atoms with Gasteiger partial charge in [0.2, 0.25) is 5.78 Å². The fourth-order valence-electron chi connectivity index (χ4n) is 0.364. The summed E-state index contributed by atoms with van der Waals surface area (Å²) in [5.41, 5.74) is 0. The molecular formula is C5H7O4P. The summed E-state index contributed by atoms with van der Waals surface area (Å²) in [7, 11) is 1.64. The van der Waals surface area contributed by atoms with Crippen molar-refractivity contribution >= 4 is 27.0 Å². The molecule has 1 atom stereocenters. The van der Waals surface area contributed by atoms with Gasteiger partial charge in [0, 0.05) is 0 Å². The van der Waals surface area contributed by atoms with Gasteiger partial charge in [-0.1, -0.05) is 0 Å². The molecule has 0 fully saturated rings. The van der Waals surface area contributed by atoms with E-state index in [1.807, 2.05) is 0 Å². The largest absolute Gasteiger partial charge is 0.446 e. The van der Waals surface area contributed by atoms with E-state index in [0.29, 0.717) is 0 Å². The Labute approximate surface area is 60.2 Å². The molecule has 1 unspecified atom stereocenters. The average molecular weight is 162 g/mol. The van der Waals surface area contributed by atoms with Crippen LogP contribution in [0.15, 0.2) is 0 Å². The quantitative estimate of drug-likeness (QED) is 0.329. The lowest BCUT2D eigenvalue weighted by Crippen LogP contribution is -2.15. The number of Topliss-reactive ketones (excluding diaryl/α,β-unsaturated/α-hetero) is 2. The van der Waals surface area contributed by atoms with Gasteiger partial charge in [-0.3, -0.25) is 9.59 Å². The molecule has 4 nitrogen and oxygen atoms in total. The third kappa shape index (κ3) is 3.30. The van der Waals surface area contributed by atoms with Crippen LogP contribution in [-0.2, 0) is 18.9 Å². The Balaban J connectivity index is 3.86. The van der Waals surface area contributed by atoms with Crippen molar-refractivity contribution in [2.45, 2.75) is 13.3 Å². The highest BCUT2D eigenvalue weighted by atomic mass is 31.0. The molecule has 0 N–H and O–H groups in total. The third-order valence-electron chi connectivity index (χ3n) is 0.744. The van der Waals surface area contributed by atoms with Gasteiger partial charge >= 0.3 is 5.97 Å². The number of hydrogen-bond acceptors (Lipinski definition) is 4.